The predicted molar refractivity (Wildman–Crippen MR) is 84.4 cm³/mol. The Morgan fingerprint density at radius 2 is 1.90 bits per heavy atom. The third-order valence-corrected chi connectivity index (χ3v) is 3.62. The number of hydrogen-bond acceptors (Lipinski definition) is 2. The molecule has 0 amide bonds. The summed E-state index contributed by atoms with van der Waals surface area (Å²) in [7, 11) is 1.67. The summed E-state index contributed by atoms with van der Waals surface area (Å²) in [4.78, 5) is 0. The van der Waals surface area contributed by atoms with Crippen molar-refractivity contribution in [2.24, 2.45) is 0 Å². The van der Waals surface area contributed by atoms with E-state index in [0.717, 1.165) is 23.4 Å². The second kappa shape index (κ2) is 6.72. The maximum absolute atomic E-state index is 13.5. The summed E-state index contributed by atoms with van der Waals surface area (Å²) in [5.74, 6) is 0.665. The van der Waals surface area contributed by atoms with Crippen molar-refractivity contribution < 1.29 is 9.13 Å². The molecule has 21 heavy (non-hydrogen) atoms. The highest BCUT2D eigenvalue weighted by Gasteiger charge is 2.18. The lowest BCUT2D eigenvalue weighted by molar-refractivity contribution is 0.404. The quantitative estimate of drug-likeness (QED) is 0.892. The first-order chi connectivity index (χ1) is 10.1. The summed E-state index contributed by atoms with van der Waals surface area (Å²) >= 11 is 0. The van der Waals surface area contributed by atoms with E-state index in [1.165, 1.54) is 11.6 Å². The molecular weight excluding hydrogens is 265 g/mol. The molecule has 0 heterocycles. The van der Waals surface area contributed by atoms with Gasteiger partial charge in [0.05, 0.1) is 13.2 Å². The van der Waals surface area contributed by atoms with Gasteiger partial charge in [0.25, 0.3) is 0 Å². The molecule has 2 nitrogen and oxygen atoms in total. The van der Waals surface area contributed by atoms with E-state index in [1.54, 1.807) is 14.0 Å². The summed E-state index contributed by atoms with van der Waals surface area (Å²) in [6, 6.07) is 11.4. The molecule has 0 saturated heterocycles. The molecule has 112 valence electrons. The zero-order valence-electron chi connectivity index (χ0n) is 13.0. The van der Waals surface area contributed by atoms with Crippen LogP contribution in [0.2, 0.25) is 0 Å². The zero-order valence-corrected chi connectivity index (χ0v) is 13.0. The van der Waals surface area contributed by atoms with E-state index in [2.05, 4.69) is 25.2 Å². The van der Waals surface area contributed by atoms with Gasteiger partial charge in [0.2, 0.25) is 0 Å². The van der Waals surface area contributed by atoms with Crippen LogP contribution in [0.3, 0.4) is 0 Å². The van der Waals surface area contributed by atoms with Crippen LogP contribution >= 0.6 is 0 Å². The average molecular weight is 287 g/mol. The van der Waals surface area contributed by atoms with Gasteiger partial charge in [-0.2, -0.15) is 0 Å². The first-order valence-corrected chi connectivity index (χ1v) is 7.20. The van der Waals surface area contributed by atoms with Gasteiger partial charge in [-0.25, -0.2) is 4.39 Å². The Morgan fingerprint density at radius 1 is 1.14 bits per heavy atom. The van der Waals surface area contributed by atoms with E-state index in [1.807, 2.05) is 24.3 Å². The molecule has 2 aromatic carbocycles. The van der Waals surface area contributed by atoms with Crippen LogP contribution < -0.4 is 10.1 Å². The van der Waals surface area contributed by atoms with Crippen LogP contribution in [-0.4, -0.2) is 13.7 Å². The highest BCUT2D eigenvalue weighted by atomic mass is 19.1. The monoisotopic (exact) mass is 287 g/mol. The summed E-state index contributed by atoms with van der Waals surface area (Å²) in [6.07, 6.45) is 0. The van der Waals surface area contributed by atoms with Gasteiger partial charge < -0.3 is 10.1 Å². The maximum Gasteiger partial charge on any atom is 0.126 e. The van der Waals surface area contributed by atoms with Crippen molar-refractivity contribution in [3.8, 4) is 5.75 Å². The summed E-state index contributed by atoms with van der Waals surface area (Å²) in [6.45, 7) is 6.72. The average Bonchev–Trinajstić information content (AvgIpc) is 2.48. The van der Waals surface area contributed by atoms with Gasteiger partial charge in [0, 0.05) is 5.56 Å². The molecule has 1 unspecified atom stereocenters. The lowest BCUT2D eigenvalue weighted by atomic mass is 9.95. The van der Waals surface area contributed by atoms with E-state index in [0.29, 0.717) is 5.56 Å². The van der Waals surface area contributed by atoms with Crippen LogP contribution in [-0.2, 0) is 0 Å². The lowest BCUT2D eigenvalue weighted by Gasteiger charge is -2.22. The molecule has 0 aliphatic rings. The molecule has 3 heteroatoms. The molecule has 0 spiro atoms. The summed E-state index contributed by atoms with van der Waals surface area (Å²) in [5.41, 5.74) is 3.94. The smallest absolute Gasteiger partial charge is 0.126 e. The minimum Gasteiger partial charge on any atom is -0.496 e. The zero-order chi connectivity index (χ0) is 15.4. The molecule has 0 saturated carbocycles. The molecule has 2 aromatic rings. The SMILES string of the molecule is CCNC(c1ccc(F)c(C)c1)c1cc(C)ccc1OC. The molecule has 1 atom stereocenters. The molecule has 0 aliphatic heterocycles. The maximum atomic E-state index is 13.5. The van der Waals surface area contributed by atoms with Crippen molar-refractivity contribution in [3.63, 3.8) is 0 Å². The first kappa shape index (κ1) is 15.5. The number of rotatable bonds is 5. The minimum atomic E-state index is -0.176. The second-order valence-electron chi connectivity index (χ2n) is 5.24. The predicted octanol–water partition coefficient (Wildman–Crippen LogP) is 4.15. The number of methoxy groups -OCH3 is 1. The van der Waals surface area contributed by atoms with Crippen LogP contribution in [0.4, 0.5) is 4.39 Å². The van der Waals surface area contributed by atoms with Crippen molar-refractivity contribution in [1.82, 2.24) is 5.32 Å². The Morgan fingerprint density at radius 3 is 2.52 bits per heavy atom. The number of halogens is 1. The van der Waals surface area contributed by atoms with Gasteiger partial charge in [0.1, 0.15) is 11.6 Å². The molecule has 2 rings (SSSR count). The molecule has 0 aromatic heterocycles. The fourth-order valence-corrected chi connectivity index (χ4v) is 2.54. The molecule has 0 bridgehead atoms. The lowest BCUT2D eigenvalue weighted by Crippen LogP contribution is -2.22. The Labute approximate surface area is 126 Å². The Hall–Kier alpha value is -1.87. The van der Waals surface area contributed by atoms with Crippen LogP contribution in [0.1, 0.15) is 35.2 Å². The fourth-order valence-electron chi connectivity index (χ4n) is 2.54. The number of nitrogens with one attached hydrogen (secondary N) is 1. The van der Waals surface area contributed by atoms with E-state index in [-0.39, 0.29) is 11.9 Å². The van der Waals surface area contributed by atoms with E-state index < -0.39 is 0 Å². The number of ether oxygens (including phenoxy) is 1. The standard InChI is InChI=1S/C18H22FNO/c1-5-20-18(14-7-8-16(19)13(3)11-14)15-10-12(2)6-9-17(15)21-4/h6-11,18,20H,5H2,1-4H3. The van der Waals surface area contributed by atoms with Gasteiger partial charge in [-0.15, -0.1) is 0 Å². The van der Waals surface area contributed by atoms with E-state index in [9.17, 15) is 4.39 Å². The Bertz CT molecular complexity index is 625. The van der Waals surface area contributed by atoms with Crippen LogP contribution in [0.15, 0.2) is 36.4 Å². The highest BCUT2D eigenvalue weighted by Crippen LogP contribution is 2.31. The van der Waals surface area contributed by atoms with Gasteiger partial charge in [-0.05, 0) is 43.7 Å². The molecule has 1 N–H and O–H groups in total. The van der Waals surface area contributed by atoms with Crippen LogP contribution in [0.25, 0.3) is 0 Å². The van der Waals surface area contributed by atoms with Crippen molar-refractivity contribution in [3.05, 3.63) is 64.5 Å². The molecule has 0 fully saturated rings. The first-order valence-electron chi connectivity index (χ1n) is 7.20. The normalized spacial score (nSPS) is 12.2. The third-order valence-electron chi connectivity index (χ3n) is 3.62. The molecular formula is C18H22FNO. The van der Waals surface area contributed by atoms with Crippen LogP contribution in [0.5, 0.6) is 5.75 Å². The van der Waals surface area contributed by atoms with E-state index >= 15 is 0 Å². The van der Waals surface area contributed by atoms with Gasteiger partial charge in [-0.1, -0.05) is 36.8 Å². The van der Waals surface area contributed by atoms with Gasteiger partial charge >= 0.3 is 0 Å². The largest absolute Gasteiger partial charge is 0.496 e. The van der Waals surface area contributed by atoms with Crippen LogP contribution in [0, 0.1) is 19.7 Å². The van der Waals surface area contributed by atoms with Gasteiger partial charge in [-0.3, -0.25) is 0 Å². The Kier molecular flexibility index (Phi) is 4.97. The van der Waals surface area contributed by atoms with Crippen molar-refractivity contribution in [2.45, 2.75) is 26.8 Å². The van der Waals surface area contributed by atoms with Gasteiger partial charge in [0.15, 0.2) is 0 Å². The van der Waals surface area contributed by atoms with Crippen molar-refractivity contribution in [2.75, 3.05) is 13.7 Å². The summed E-state index contributed by atoms with van der Waals surface area (Å²) < 4.78 is 19.0. The topological polar surface area (TPSA) is 21.3 Å². The highest BCUT2D eigenvalue weighted by molar-refractivity contribution is 5.44. The van der Waals surface area contributed by atoms with E-state index in [4.69, 9.17) is 4.74 Å². The third kappa shape index (κ3) is 3.42. The minimum absolute atomic E-state index is 0.0100. The number of benzene rings is 2. The molecule has 0 radical (unpaired) electrons. The number of aryl methyl sites for hydroxylation is 2. The fraction of sp³-hybridized carbons (Fsp3) is 0.333. The summed E-state index contributed by atoms with van der Waals surface area (Å²) in [5, 5.41) is 3.46. The van der Waals surface area contributed by atoms with Crippen molar-refractivity contribution in [1.29, 1.82) is 0 Å². The Balaban J connectivity index is 2.52. The molecule has 0 aliphatic carbocycles. The van der Waals surface area contributed by atoms with Crippen molar-refractivity contribution >= 4 is 0 Å². The second-order valence-corrected chi connectivity index (χ2v) is 5.24. The number of hydrogen-bond donors (Lipinski definition) is 1.